The topological polar surface area (TPSA) is 77.7 Å². The van der Waals surface area contributed by atoms with Gasteiger partial charge in [-0.1, -0.05) is 26.0 Å². The fourth-order valence-corrected chi connectivity index (χ4v) is 3.67. The first-order valence-corrected chi connectivity index (χ1v) is 10.5. The number of aromatic hydroxyl groups is 2. The second-order valence-electron chi connectivity index (χ2n) is 8.19. The molecule has 1 amide bonds. The van der Waals surface area contributed by atoms with Crippen LogP contribution in [0.3, 0.4) is 0 Å². The van der Waals surface area contributed by atoms with E-state index in [1.807, 2.05) is 74.7 Å². The van der Waals surface area contributed by atoms with Crippen LogP contribution in [-0.2, 0) is 6.54 Å². The van der Waals surface area contributed by atoms with Gasteiger partial charge in [-0.3, -0.25) is 4.79 Å². The van der Waals surface area contributed by atoms with Crippen molar-refractivity contribution in [3.05, 3.63) is 65.4 Å². The average molecular weight is 422 g/mol. The van der Waals surface area contributed by atoms with Gasteiger partial charge in [0.1, 0.15) is 17.2 Å². The fraction of sp³-hybridized carbons (Fsp3) is 0.320. The number of phenolic OH excluding ortho intramolecular Hbond substituents is 2. The Kier molecular flexibility index (Phi) is 6.59. The smallest absolute Gasteiger partial charge is 0.267 e. The molecule has 1 heterocycles. The van der Waals surface area contributed by atoms with E-state index in [4.69, 9.17) is 0 Å². The summed E-state index contributed by atoms with van der Waals surface area (Å²) in [5, 5.41) is 23.7. The van der Waals surface area contributed by atoms with Gasteiger partial charge in [-0.2, -0.15) is 0 Å². The lowest BCUT2D eigenvalue weighted by Crippen LogP contribution is -2.25. The van der Waals surface area contributed by atoms with E-state index in [1.54, 1.807) is 12.1 Å². The number of nitrogens with zero attached hydrogens (tertiary/aromatic N) is 2. The largest absolute Gasteiger partial charge is 0.508 e. The van der Waals surface area contributed by atoms with Gasteiger partial charge >= 0.3 is 0 Å². The average Bonchev–Trinajstić information content (AvgIpc) is 3.11. The number of rotatable bonds is 7. The number of amides is 1. The van der Waals surface area contributed by atoms with Crippen molar-refractivity contribution in [3.8, 4) is 22.8 Å². The molecule has 164 valence electrons. The summed E-state index contributed by atoms with van der Waals surface area (Å²) in [6.07, 6.45) is 0. The molecule has 2 aromatic carbocycles. The zero-order valence-electron chi connectivity index (χ0n) is 18.8. The minimum Gasteiger partial charge on any atom is -0.508 e. The number of carbonyl (C=O) groups is 1. The first kappa shape index (κ1) is 22.3. The summed E-state index contributed by atoms with van der Waals surface area (Å²) in [6, 6.07) is 15.0. The highest BCUT2D eigenvalue weighted by molar-refractivity contribution is 5.94. The molecule has 0 radical (unpaired) electrons. The van der Waals surface area contributed by atoms with Crippen LogP contribution in [0, 0.1) is 0 Å². The molecule has 1 aromatic heterocycles. The predicted molar refractivity (Wildman–Crippen MR) is 125 cm³/mol. The first-order valence-electron chi connectivity index (χ1n) is 10.5. The SMILES string of the molecule is CCNC(=O)c1ccc(-c2cc(C(C)C)c(O)cc2O)n1Cc1ccc(N(C)C)cc1. The van der Waals surface area contributed by atoms with Crippen LogP contribution in [0.25, 0.3) is 11.3 Å². The molecule has 0 bridgehead atoms. The Hall–Kier alpha value is -3.41. The zero-order valence-corrected chi connectivity index (χ0v) is 18.8. The Morgan fingerprint density at radius 3 is 2.29 bits per heavy atom. The van der Waals surface area contributed by atoms with Gasteiger partial charge in [0, 0.05) is 44.5 Å². The molecule has 6 heteroatoms. The highest BCUT2D eigenvalue weighted by Crippen LogP contribution is 2.38. The highest BCUT2D eigenvalue weighted by Gasteiger charge is 2.20. The number of aromatic nitrogens is 1. The van der Waals surface area contributed by atoms with Gasteiger partial charge in [0.2, 0.25) is 0 Å². The molecule has 3 N–H and O–H groups in total. The molecule has 0 fully saturated rings. The Morgan fingerprint density at radius 1 is 1.03 bits per heavy atom. The minimum absolute atomic E-state index is 0.0216. The zero-order chi connectivity index (χ0) is 22.7. The summed E-state index contributed by atoms with van der Waals surface area (Å²) >= 11 is 0. The van der Waals surface area contributed by atoms with Crippen molar-refractivity contribution in [2.24, 2.45) is 0 Å². The van der Waals surface area contributed by atoms with Crippen LogP contribution in [0.1, 0.15) is 48.3 Å². The van der Waals surface area contributed by atoms with Crippen LogP contribution in [0.4, 0.5) is 5.69 Å². The van der Waals surface area contributed by atoms with Gasteiger partial charge < -0.3 is 25.0 Å². The second kappa shape index (κ2) is 9.16. The lowest BCUT2D eigenvalue weighted by Gasteiger charge is -2.18. The Morgan fingerprint density at radius 2 is 1.71 bits per heavy atom. The summed E-state index contributed by atoms with van der Waals surface area (Å²) in [5.74, 6) is -0.0329. The molecule has 3 aromatic rings. The normalized spacial score (nSPS) is 11.0. The van der Waals surface area contributed by atoms with E-state index in [1.165, 1.54) is 6.07 Å². The maximum atomic E-state index is 12.7. The van der Waals surface area contributed by atoms with Gasteiger partial charge in [-0.05, 0) is 54.3 Å². The molecule has 3 rings (SSSR count). The number of phenols is 2. The maximum absolute atomic E-state index is 12.7. The van der Waals surface area contributed by atoms with Gasteiger partial charge in [-0.15, -0.1) is 0 Å². The highest BCUT2D eigenvalue weighted by atomic mass is 16.3. The van der Waals surface area contributed by atoms with E-state index in [-0.39, 0.29) is 23.3 Å². The third-order valence-electron chi connectivity index (χ3n) is 5.39. The number of carbonyl (C=O) groups excluding carboxylic acids is 1. The molecular weight excluding hydrogens is 390 g/mol. The van der Waals surface area contributed by atoms with Crippen LogP contribution in [0.15, 0.2) is 48.5 Å². The minimum atomic E-state index is -0.166. The van der Waals surface area contributed by atoms with Gasteiger partial charge in [0.05, 0.1) is 5.69 Å². The predicted octanol–water partition coefficient (Wildman–Crippen LogP) is 4.55. The van der Waals surface area contributed by atoms with E-state index in [0.717, 1.165) is 22.5 Å². The van der Waals surface area contributed by atoms with Gasteiger partial charge in [0.15, 0.2) is 0 Å². The summed E-state index contributed by atoms with van der Waals surface area (Å²) in [4.78, 5) is 14.8. The van der Waals surface area contributed by atoms with Crippen LogP contribution in [0.5, 0.6) is 11.5 Å². The van der Waals surface area contributed by atoms with Crippen molar-refractivity contribution in [1.29, 1.82) is 0 Å². The molecule has 0 unspecified atom stereocenters. The third kappa shape index (κ3) is 4.68. The van der Waals surface area contributed by atoms with E-state index in [9.17, 15) is 15.0 Å². The number of nitrogens with one attached hydrogen (secondary N) is 1. The monoisotopic (exact) mass is 421 g/mol. The van der Waals surface area contributed by atoms with Crippen LogP contribution in [0.2, 0.25) is 0 Å². The second-order valence-corrected chi connectivity index (χ2v) is 8.19. The van der Waals surface area contributed by atoms with E-state index in [0.29, 0.717) is 24.3 Å². The van der Waals surface area contributed by atoms with Crippen molar-refractivity contribution >= 4 is 11.6 Å². The molecule has 0 saturated heterocycles. The molecule has 0 aliphatic rings. The third-order valence-corrected chi connectivity index (χ3v) is 5.39. The molecule has 31 heavy (non-hydrogen) atoms. The number of hydrogen-bond acceptors (Lipinski definition) is 4. The Balaban J connectivity index is 2.12. The number of anilines is 1. The van der Waals surface area contributed by atoms with Crippen molar-refractivity contribution in [3.63, 3.8) is 0 Å². The molecule has 0 saturated carbocycles. The first-order chi connectivity index (χ1) is 14.7. The lowest BCUT2D eigenvalue weighted by atomic mass is 9.97. The van der Waals surface area contributed by atoms with E-state index >= 15 is 0 Å². The van der Waals surface area contributed by atoms with E-state index < -0.39 is 0 Å². The molecule has 6 nitrogen and oxygen atoms in total. The summed E-state index contributed by atoms with van der Waals surface area (Å²) in [5.41, 5.74) is 4.70. The molecule has 0 aliphatic heterocycles. The van der Waals surface area contributed by atoms with Crippen molar-refractivity contribution in [1.82, 2.24) is 9.88 Å². The number of hydrogen-bond donors (Lipinski definition) is 3. The number of benzene rings is 2. The Bertz CT molecular complexity index is 1070. The van der Waals surface area contributed by atoms with Crippen molar-refractivity contribution < 1.29 is 15.0 Å². The van der Waals surface area contributed by atoms with Gasteiger partial charge in [0.25, 0.3) is 5.91 Å². The summed E-state index contributed by atoms with van der Waals surface area (Å²) in [6.45, 7) is 6.86. The lowest BCUT2D eigenvalue weighted by molar-refractivity contribution is 0.0947. The molecule has 0 spiro atoms. The quantitative estimate of drug-likeness (QED) is 0.523. The van der Waals surface area contributed by atoms with Gasteiger partial charge in [-0.25, -0.2) is 0 Å². The summed E-state index contributed by atoms with van der Waals surface area (Å²) < 4.78 is 1.91. The van der Waals surface area contributed by atoms with Crippen molar-refractivity contribution in [2.75, 3.05) is 25.5 Å². The van der Waals surface area contributed by atoms with Crippen LogP contribution in [-0.4, -0.2) is 41.3 Å². The van der Waals surface area contributed by atoms with Crippen LogP contribution < -0.4 is 10.2 Å². The van der Waals surface area contributed by atoms with Crippen LogP contribution >= 0.6 is 0 Å². The summed E-state index contributed by atoms with van der Waals surface area (Å²) in [7, 11) is 3.98. The fourth-order valence-electron chi connectivity index (χ4n) is 3.67. The maximum Gasteiger partial charge on any atom is 0.267 e. The molecular formula is C25H31N3O3. The standard InChI is InChI=1S/C25H31N3O3/c1-6-26-25(31)22-12-11-21(20-13-19(16(2)3)23(29)14-24(20)30)28(22)15-17-7-9-18(10-8-17)27(4)5/h7-14,16,29-30H,6,15H2,1-5H3,(H,26,31). The van der Waals surface area contributed by atoms with E-state index in [2.05, 4.69) is 5.32 Å². The van der Waals surface area contributed by atoms with Crippen molar-refractivity contribution in [2.45, 2.75) is 33.2 Å². The Labute approximate surface area is 183 Å². The molecule has 0 aliphatic carbocycles. The molecule has 0 atom stereocenters.